The van der Waals surface area contributed by atoms with E-state index in [-0.39, 0.29) is 0 Å². The fraction of sp³-hybridized carbons (Fsp3) is 1.00. The number of hydrogen-bond donors (Lipinski definition) is 1. The SMILES string of the molecule is CCC1OCCC1C(NC)C1CCOC1. The van der Waals surface area contributed by atoms with Gasteiger partial charge < -0.3 is 14.8 Å². The molecule has 1 N–H and O–H groups in total. The first kappa shape index (κ1) is 11.4. The Kier molecular flexibility index (Phi) is 4.00. The molecular weight excluding hydrogens is 190 g/mol. The van der Waals surface area contributed by atoms with E-state index in [1.165, 1.54) is 12.8 Å². The molecule has 0 aliphatic carbocycles. The fourth-order valence-corrected chi connectivity index (χ4v) is 3.13. The summed E-state index contributed by atoms with van der Waals surface area (Å²) in [6.07, 6.45) is 4.01. The quantitative estimate of drug-likeness (QED) is 0.766. The molecule has 0 aromatic heterocycles. The van der Waals surface area contributed by atoms with Crippen LogP contribution in [-0.2, 0) is 9.47 Å². The Hall–Kier alpha value is -0.120. The lowest BCUT2D eigenvalue weighted by Gasteiger charge is -2.30. The van der Waals surface area contributed by atoms with Gasteiger partial charge in [0.15, 0.2) is 0 Å². The smallest absolute Gasteiger partial charge is 0.0616 e. The third-order valence-corrected chi connectivity index (χ3v) is 3.93. The van der Waals surface area contributed by atoms with Gasteiger partial charge in [0.1, 0.15) is 0 Å². The summed E-state index contributed by atoms with van der Waals surface area (Å²) >= 11 is 0. The van der Waals surface area contributed by atoms with E-state index in [0.717, 1.165) is 26.2 Å². The average molecular weight is 213 g/mol. The van der Waals surface area contributed by atoms with Crippen LogP contribution in [0.5, 0.6) is 0 Å². The second-order valence-electron chi connectivity index (χ2n) is 4.71. The lowest BCUT2D eigenvalue weighted by atomic mass is 9.83. The Morgan fingerprint density at radius 3 is 2.80 bits per heavy atom. The molecule has 0 aromatic carbocycles. The van der Waals surface area contributed by atoms with Crippen molar-refractivity contribution in [2.45, 2.75) is 38.3 Å². The maximum Gasteiger partial charge on any atom is 0.0616 e. The molecule has 2 heterocycles. The third-order valence-electron chi connectivity index (χ3n) is 3.93. The van der Waals surface area contributed by atoms with Crippen molar-refractivity contribution in [3.05, 3.63) is 0 Å². The van der Waals surface area contributed by atoms with Gasteiger partial charge in [-0.05, 0) is 26.3 Å². The zero-order chi connectivity index (χ0) is 10.7. The van der Waals surface area contributed by atoms with E-state index in [2.05, 4.69) is 19.3 Å². The molecule has 0 spiro atoms. The molecule has 0 amide bonds. The van der Waals surface area contributed by atoms with Crippen LogP contribution in [0.15, 0.2) is 0 Å². The van der Waals surface area contributed by atoms with Crippen molar-refractivity contribution >= 4 is 0 Å². The minimum Gasteiger partial charge on any atom is -0.381 e. The van der Waals surface area contributed by atoms with Gasteiger partial charge in [-0.3, -0.25) is 0 Å². The monoisotopic (exact) mass is 213 g/mol. The Labute approximate surface area is 92.5 Å². The molecule has 4 atom stereocenters. The van der Waals surface area contributed by atoms with E-state index in [1.807, 2.05) is 0 Å². The van der Waals surface area contributed by atoms with Crippen LogP contribution >= 0.6 is 0 Å². The van der Waals surface area contributed by atoms with Crippen molar-refractivity contribution in [2.75, 3.05) is 26.9 Å². The highest BCUT2D eigenvalue weighted by atomic mass is 16.5. The maximum atomic E-state index is 5.78. The predicted molar refractivity (Wildman–Crippen MR) is 59.9 cm³/mol. The van der Waals surface area contributed by atoms with Crippen LogP contribution in [0.3, 0.4) is 0 Å². The van der Waals surface area contributed by atoms with E-state index < -0.39 is 0 Å². The van der Waals surface area contributed by atoms with Crippen molar-refractivity contribution < 1.29 is 9.47 Å². The molecule has 15 heavy (non-hydrogen) atoms. The van der Waals surface area contributed by atoms with E-state index in [4.69, 9.17) is 9.47 Å². The summed E-state index contributed by atoms with van der Waals surface area (Å²) in [7, 11) is 2.08. The van der Waals surface area contributed by atoms with Gasteiger partial charge in [-0.2, -0.15) is 0 Å². The highest BCUT2D eigenvalue weighted by Gasteiger charge is 2.38. The number of nitrogens with one attached hydrogen (secondary N) is 1. The molecule has 0 saturated carbocycles. The van der Waals surface area contributed by atoms with Crippen LogP contribution in [0.1, 0.15) is 26.2 Å². The summed E-state index contributed by atoms with van der Waals surface area (Å²) < 4.78 is 11.3. The third kappa shape index (κ3) is 2.35. The summed E-state index contributed by atoms with van der Waals surface area (Å²) in [5.41, 5.74) is 0. The molecule has 3 heteroatoms. The van der Waals surface area contributed by atoms with Crippen molar-refractivity contribution in [3.8, 4) is 0 Å². The molecule has 0 bridgehead atoms. The predicted octanol–water partition coefficient (Wildman–Crippen LogP) is 1.43. The first-order valence-corrected chi connectivity index (χ1v) is 6.23. The van der Waals surface area contributed by atoms with Crippen LogP contribution in [0.4, 0.5) is 0 Å². The van der Waals surface area contributed by atoms with Crippen molar-refractivity contribution in [3.63, 3.8) is 0 Å². The topological polar surface area (TPSA) is 30.5 Å². The normalized spacial score (nSPS) is 38.4. The highest BCUT2D eigenvalue weighted by Crippen LogP contribution is 2.32. The largest absolute Gasteiger partial charge is 0.381 e. The molecule has 3 nitrogen and oxygen atoms in total. The minimum absolute atomic E-state index is 0.461. The van der Waals surface area contributed by atoms with Crippen LogP contribution < -0.4 is 5.32 Å². The van der Waals surface area contributed by atoms with Gasteiger partial charge in [0.25, 0.3) is 0 Å². The summed E-state index contributed by atoms with van der Waals surface area (Å²) in [6, 6.07) is 0.583. The lowest BCUT2D eigenvalue weighted by molar-refractivity contribution is 0.0683. The van der Waals surface area contributed by atoms with Gasteiger partial charge >= 0.3 is 0 Å². The fourth-order valence-electron chi connectivity index (χ4n) is 3.13. The molecule has 2 fully saturated rings. The zero-order valence-electron chi connectivity index (χ0n) is 9.87. The zero-order valence-corrected chi connectivity index (χ0v) is 9.87. The van der Waals surface area contributed by atoms with Crippen LogP contribution in [-0.4, -0.2) is 39.0 Å². The molecule has 88 valence electrons. The van der Waals surface area contributed by atoms with Crippen LogP contribution in [0.25, 0.3) is 0 Å². The maximum absolute atomic E-state index is 5.78. The lowest BCUT2D eigenvalue weighted by Crippen LogP contribution is -2.43. The summed E-state index contributed by atoms with van der Waals surface area (Å²) in [6.45, 7) is 5.03. The Morgan fingerprint density at radius 2 is 2.20 bits per heavy atom. The van der Waals surface area contributed by atoms with E-state index >= 15 is 0 Å². The van der Waals surface area contributed by atoms with Crippen LogP contribution in [0, 0.1) is 11.8 Å². The first-order chi connectivity index (χ1) is 7.36. The molecule has 0 aromatic rings. The van der Waals surface area contributed by atoms with Crippen molar-refractivity contribution in [1.29, 1.82) is 0 Å². The minimum atomic E-state index is 0.461. The molecule has 2 rings (SSSR count). The molecule has 0 radical (unpaired) electrons. The average Bonchev–Trinajstić information content (AvgIpc) is 2.89. The van der Waals surface area contributed by atoms with Gasteiger partial charge in [-0.25, -0.2) is 0 Å². The van der Waals surface area contributed by atoms with Crippen molar-refractivity contribution in [1.82, 2.24) is 5.32 Å². The Bertz CT molecular complexity index is 192. The number of ether oxygens (including phenoxy) is 2. The molecule has 2 aliphatic heterocycles. The standard InChI is InChI=1S/C12H23NO2/c1-3-11-10(5-7-15-11)12(13-2)9-4-6-14-8-9/h9-13H,3-8H2,1-2H3. The molecular formula is C12H23NO2. The van der Waals surface area contributed by atoms with E-state index in [0.29, 0.717) is 24.0 Å². The van der Waals surface area contributed by atoms with E-state index in [1.54, 1.807) is 0 Å². The van der Waals surface area contributed by atoms with E-state index in [9.17, 15) is 0 Å². The van der Waals surface area contributed by atoms with Gasteiger partial charge in [0.05, 0.1) is 12.7 Å². The van der Waals surface area contributed by atoms with Gasteiger partial charge in [-0.1, -0.05) is 6.92 Å². The second kappa shape index (κ2) is 5.28. The number of rotatable bonds is 4. The number of hydrogen-bond acceptors (Lipinski definition) is 3. The van der Waals surface area contributed by atoms with Gasteiger partial charge in [0, 0.05) is 31.1 Å². The Morgan fingerprint density at radius 1 is 1.33 bits per heavy atom. The summed E-state index contributed by atoms with van der Waals surface area (Å²) in [5, 5.41) is 3.49. The molecule has 2 saturated heterocycles. The second-order valence-corrected chi connectivity index (χ2v) is 4.71. The van der Waals surface area contributed by atoms with Crippen molar-refractivity contribution in [2.24, 2.45) is 11.8 Å². The van der Waals surface area contributed by atoms with Gasteiger partial charge in [0.2, 0.25) is 0 Å². The van der Waals surface area contributed by atoms with Crippen LogP contribution in [0.2, 0.25) is 0 Å². The molecule has 4 unspecified atom stereocenters. The Balaban J connectivity index is 1.98. The first-order valence-electron chi connectivity index (χ1n) is 6.23. The highest BCUT2D eigenvalue weighted by molar-refractivity contribution is 4.90. The summed E-state index contributed by atoms with van der Waals surface area (Å²) in [4.78, 5) is 0. The molecule has 2 aliphatic rings. The summed E-state index contributed by atoms with van der Waals surface area (Å²) in [5.74, 6) is 1.38. The van der Waals surface area contributed by atoms with Gasteiger partial charge in [-0.15, -0.1) is 0 Å².